The number of allylic oxidation sites excluding steroid dienone is 1. The van der Waals surface area contributed by atoms with Crippen LogP contribution < -0.4 is 0 Å². The number of carbonyl (C=O) groups excluding carboxylic acids is 4. The number of fused-ring (bicyclic) bond motifs is 1. The molecule has 11 heteroatoms. The number of aliphatic hydroxyl groups is 2. The largest absolute Gasteiger partial charge is 0.462 e. The van der Waals surface area contributed by atoms with Crippen molar-refractivity contribution < 1.29 is 53.1 Å². The van der Waals surface area contributed by atoms with Crippen LogP contribution in [-0.2, 0) is 42.9 Å². The molecule has 2 saturated heterocycles. The summed E-state index contributed by atoms with van der Waals surface area (Å²) in [6, 6.07) is 0. The quantitative estimate of drug-likeness (QED) is 0.222. The highest BCUT2D eigenvalue weighted by Crippen LogP contribution is 2.66. The summed E-state index contributed by atoms with van der Waals surface area (Å²) in [7, 11) is 0. The first-order chi connectivity index (χ1) is 18.0. The van der Waals surface area contributed by atoms with Crippen LogP contribution in [-0.4, -0.2) is 81.4 Å². The van der Waals surface area contributed by atoms with Crippen molar-refractivity contribution >= 4 is 23.9 Å². The minimum absolute atomic E-state index is 0.145. The van der Waals surface area contributed by atoms with Crippen molar-refractivity contribution in [3.63, 3.8) is 0 Å². The summed E-state index contributed by atoms with van der Waals surface area (Å²) in [6.45, 7) is 10.7. The Morgan fingerprint density at radius 3 is 2.28 bits per heavy atom. The number of carbonyl (C=O) groups is 4. The molecule has 1 saturated carbocycles. The fraction of sp³-hybridized carbons (Fsp3) is 0.786. The first-order valence-electron chi connectivity index (χ1n) is 13.6. The Balaban J connectivity index is 2.01. The third-order valence-electron chi connectivity index (χ3n) is 9.21. The molecule has 4 rings (SSSR count). The SMILES string of the molecule is CCCC(=O)O[C@@H]1CC/C(C)=C\[C@@H]2OC(=O)C3(C)O[C@]23[C@H](OC(C)=O)[C@H]2[C@](C)(O)[C@H](O)C[C@H](OC(C)=O)[C@]12C. The molecule has 3 fully saturated rings. The minimum Gasteiger partial charge on any atom is -0.462 e. The smallest absolute Gasteiger partial charge is 0.342 e. The predicted molar refractivity (Wildman–Crippen MR) is 134 cm³/mol. The van der Waals surface area contributed by atoms with E-state index in [0.717, 1.165) is 5.57 Å². The first-order valence-corrected chi connectivity index (χ1v) is 13.6. The molecule has 0 aromatic rings. The van der Waals surface area contributed by atoms with E-state index >= 15 is 0 Å². The summed E-state index contributed by atoms with van der Waals surface area (Å²) < 4.78 is 29.6. The topological polar surface area (TPSA) is 158 Å². The van der Waals surface area contributed by atoms with Crippen molar-refractivity contribution in [3.8, 4) is 0 Å². The van der Waals surface area contributed by atoms with Crippen molar-refractivity contribution in [1.82, 2.24) is 0 Å². The van der Waals surface area contributed by atoms with Gasteiger partial charge in [-0.05, 0) is 46.1 Å². The lowest BCUT2D eigenvalue weighted by molar-refractivity contribution is -0.274. The summed E-state index contributed by atoms with van der Waals surface area (Å²) in [5.74, 6) is -3.70. The summed E-state index contributed by atoms with van der Waals surface area (Å²) in [4.78, 5) is 50.8. The van der Waals surface area contributed by atoms with Crippen molar-refractivity contribution in [3.05, 3.63) is 11.6 Å². The van der Waals surface area contributed by atoms with E-state index in [1.165, 1.54) is 27.7 Å². The van der Waals surface area contributed by atoms with Crippen LogP contribution in [0.2, 0.25) is 0 Å². The van der Waals surface area contributed by atoms with Gasteiger partial charge in [-0.2, -0.15) is 0 Å². The van der Waals surface area contributed by atoms with Crippen LogP contribution in [0.5, 0.6) is 0 Å². The zero-order chi connectivity index (χ0) is 29.1. The van der Waals surface area contributed by atoms with E-state index in [-0.39, 0.29) is 19.3 Å². The van der Waals surface area contributed by atoms with E-state index < -0.39 is 82.5 Å². The molecule has 0 bridgehead atoms. The Kier molecular flexibility index (Phi) is 7.45. The molecule has 2 heterocycles. The maximum atomic E-state index is 13.0. The standard InChI is InChI=1S/C28H40O11/c1-8-9-21(32)37-18-11-10-14(2)12-20-28(27(7,39-28)24(33)38-20)23(36-16(4)30)22-25(18,5)19(35-15(3)29)13-17(31)26(22,6)34/h12,17-20,22-23,31,34H,8-11,13H2,1-7H3/b14-12-/t17-,18-,19+,20+,22-,23-,25+,26-,27?,28+/m1/s1. The van der Waals surface area contributed by atoms with E-state index in [2.05, 4.69) is 0 Å². The van der Waals surface area contributed by atoms with Crippen LogP contribution in [0, 0.1) is 11.3 Å². The summed E-state index contributed by atoms with van der Waals surface area (Å²) in [5, 5.41) is 23.2. The Hall–Kier alpha value is -2.50. The van der Waals surface area contributed by atoms with E-state index in [1.807, 2.05) is 13.8 Å². The molecule has 2 aliphatic carbocycles. The molecule has 0 aromatic heterocycles. The van der Waals surface area contributed by atoms with Gasteiger partial charge in [0.25, 0.3) is 0 Å². The fourth-order valence-electron chi connectivity index (χ4n) is 7.16. The third-order valence-corrected chi connectivity index (χ3v) is 9.21. The molecule has 4 aliphatic rings. The molecule has 0 radical (unpaired) electrons. The van der Waals surface area contributed by atoms with Gasteiger partial charge in [-0.25, -0.2) is 4.79 Å². The van der Waals surface area contributed by atoms with Crippen LogP contribution >= 0.6 is 0 Å². The van der Waals surface area contributed by atoms with Crippen LogP contribution in [0.15, 0.2) is 11.6 Å². The van der Waals surface area contributed by atoms with Crippen LogP contribution in [0.3, 0.4) is 0 Å². The Bertz CT molecular complexity index is 1080. The van der Waals surface area contributed by atoms with E-state index in [9.17, 15) is 29.4 Å². The van der Waals surface area contributed by atoms with Gasteiger partial charge in [0, 0.05) is 32.6 Å². The van der Waals surface area contributed by atoms with Crippen LogP contribution in [0.4, 0.5) is 0 Å². The Morgan fingerprint density at radius 1 is 1.08 bits per heavy atom. The van der Waals surface area contributed by atoms with Gasteiger partial charge in [0.05, 0.1) is 17.1 Å². The highest BCUT2D eigenvalue weighted by molar-refractivity contribution is 5.89. The number of ether oxygens (including phenoxy) is 5. The maximum Gasteiger partial charge on any atom is 0.342 e. The van der Waals surface area contributed by atoms with Crippen LogP contribution in [0.1, 0.15) is 80.6 Å². The molecule has 1 unspecified atom stereocenters. The second-order valence-electron chi connectivity index (χ2n) is 12.0. The van der Waals surface area contributed by atoms with Crippen molar-refractivity contribution in [2.45, 2.75) is 128 Å². The molecule has 11 nitrogen and oxygen atoms in total. The van der Waals surface area contributed by atoms with Gasteiger partial charge in [-0.15, -0.1) is 0 Å². The Morgan fingerprint density at radius 2 is 1.72 bits per heavy atom. The van der Waals surface area contributed by atoms with Crippen molar-refractivity contribution in [2.24, 2.45) is 11.3 Å². The fourth-order valence-corrected chi connectivity index (χ4v) is 7.16. The van der Waals surface area contributed by atoms with Gasteiger partial charge in [-0.3, -0.25) is 14.4 Å². The third kappa shape index (κ3) is 4.46. The highest BCUT2D eigenvalue weighted by Gasteiger charge is 2.88. The van der Waals surface area contributed by atoms with Gasteiger partial charge in [0.15, 0.2) is 17.3 Å². The molecular weight excluding hydrogens is 512 g/mol. The molecular formula is C28H40O11. The number of hydrogen-bond acceptors (Lipinski definition) is 11. The normalized spacial score (nSPS) is 46.3. The first kappa shape index (κ1) is 29.5. The number of rotatable bonds is 5. The second kappa shape index (κ2) is 9.85. The molecule has 0 amide bonds. The van der Waals surface area contributed by atoms with Gasteiger partial charge >= 0.3 is 23.9 Å². The summed E-state index contributed by atoms with van der Waals surface area (Å²) in [6.07, 6.45) is -2.77. The number of hydrogen-bond donors (Lipinski definition) is 2. The zero-order valence-corrected chi connectivity index (χ0v) is 23.6. The minimum atomic E-state index is -1.96. The second-order valence-corrected chi connectivity index (χ2v) is 12.0. The molecule has 2 N–H and O–H groups in total. The molecule has 39 heavy (non-hydrogen) atoms. The van der Waals surface area contributed by atoms with Gasteiger partial charge in [0.2, 0.25) is 0 Å². The van der Waals surface area contributed by atoms with E-state index in [0.29, 0.717) is 12.8 Å². The van der Waals surface area contributed by atoms with Crippen molar-refractivity contribution in [2.75, 3.05) is 0 Å². The predicted octanol–water partition coefficient (Wildman–Crippen LogP) is 1.89. The van der Waals surface area contributed by atoms with E-state index in [1.54, 1.807) is 13.0 Å². The monoisotopic (exact) mass is 552 g/mol. The number of aliphatic hydroxyl groups excluding tert-OH is 1. The molecule has 0 aromatic carbocycles. The highest BCUT2D eigenvalue weighted by atomic mass is 16.7. The molecule has 10 atom stereocenters. The van der Waals surface area contributed by atoms with Crippen molar-refractivity contribution in [1.29, 1.82) is 0 Å². The summed E-state index contributed by atoms with van der Waals surface area (Å²) >= 11 is 0. The van der Waals surface area contributed by atoms with Gasteiger partial charge in [-0.1, -0.05) is 19.4 Å². The lowest BCUT2D eigenvalue weighted by Crippen LogP contribution is -2.72. The molecule has 2 aliphatic heterocycles. The van der Waals surface area contributed by atoms with E-state index in [4.69, 9.17) is 23.7 Å². The van der Waals surface area contributed by atoms with Crippen LogP contribution in [0.25, 0.3) is 0 Å². The zero-order valence-electron chi connectivity index (χ0n) is 23.6. The molecule has 218 valence electrons. The Labute approximate surface area is 228 Å². The van der Waals surface area contributed by atoms with Gasteiger partial charge in [0.1, 0.15) is 18.3 Å². The lowest BCUT2D eigenvalue weighted by atomic mass is 9.51. The summed E-state index contributed by atoms with van der Waals surface area (Å²) in [5.41, 5.74) is -5.58. The maximum absolute atomic E-state index is 13.0. The molecule has 1 spiro atoms. The average Bonchev–Trinajstić information content (AvgIpc) is 3.40. The number of epoxide rings is 1. The van der Waals surface area contributed by atoms with Gasteiger partial charge < -0.3 is 33.9 Å². The average molecular weight is 553 g/mol. The number of esters is 4. The lowest BCUT2D eigenvalue weighted by Gasteiger charge is -2.59.